The monoisotopic (exact) mass is 1450 g/mol. The van der Waals surface area contributed by atoms with Crippen molar-refractivity contribution in [2.75, 3.05) is 104 Å². The molecule has 0 spiro atoms. The molecular weight excluding hydrogens is 1370 g/mol. The number of methoxy groups -OCH3 is 3. The van der Waals surface area contributed by atoms with Crippen molar-refractivity contribution in [3.05, 3.63) is 293 Å². The molecule has 29 heteroatoms. The number of nitrogens with one attached hydrogen (secondary N) is 1. The number of halogens is 1. The van der Waals surface area contributed by atoms with Crippen molar-refractivity contribution in [1.82, 2.24) is 60.2 Å². The number of aromatic nitrogens is 11. The predicted octanol–water partition coefficient (Wildman–Crippen LogP) is 10.4. The molecule has 0 saturated carbocycles. The minimum absolute atomic E-state index is 0.186. The van der Waals surface area contributed by atoms with Gasteiger partial charge in [0.15, 0.2) is 5.82 Å². The van der Waals surface area contributed by atoms with E-state index in [0.717, 1.165) is 27.3 Å². The van der Waals surface area contributed by atoms with E-state index in [-0.39, 0.29) is 42.6 Å². The van der Waals surface area contributed by atoms with Crippen LogP contribution < -0.4 is 34.9 Å². The van der Waals surface area contributed by atoms with Crippen LogP contribution in [0.2, 0.25) is 5.15 Å². The highest BCUT2D eigenvalue weighted by molar-refractivity contribution is 6.29. The molecular formula is C77H77ClN18O10. The number of ether oxygens (including phenoxy) is 3. The van der Waals surface area contributed by atoms with Gasteiger partial charge in [-0.1, -0.05) is 29.8 Å². The van der Waals surface area contributed by atoms with Crippen LogP contribution in [0, 0.1) is 27.7 Å². The Balaban J connectivity index is 0.000000181. The number of aryl methyl sites for hydroxylation is 4. The van der Waals surface area contributed by atoms with E-state index >= 15 is 0 Å². The lowest BCUT2D eigenvalue weighted by atomic mass is 10.2. The molecule has 0 saturated heterocycles. The lowest BCUT2D eigenvalue weighted by Gasteiger charge is -2.26. The van der Waals surface area contributed by atoms with Crippen LogP contribution in [-0.2, 0) is 14.2 Å². The van der Waals surface area contributed by atoms with Crippen LogP contribution in [0.25, 0.3) is 0 Å². The second-order valence-corrected chi connectivity index (χ2v) is 23.4. The van der Waals surface area contributed by atoms with Crippen LogP contribution in [0.15, 0.2) is 226 Å². The van der Waals surface area contributed by atoms with Gasteiger partial charge in [0.2, 0.25) is 0 Å². The Labute approximate surface area is 617 Å². The Morgan fingerprint density at radius 1 is 0.368 bits per heavy atom. The number of hydrogen-bond donors (Lipinski definition) is 1. The molecule has 106 heavy (non-hydrogen) atoms. The quantitative estimate of drug-likeness (QED) is 0.0487. The number of pyridine rings is 11. The number of amides is 7. The van der Waals surface area contributed by atoms with E-state index in [0.29, 0.717) is 105 Å². The van der Waals surface area contributed by atoms with Gasteiger partial charge in [0.25, 0.3) is 41.4 Å². The summed E-state index contributed by atoms with van der Waals surface area (Å²) in [4.78, 5) is 143. The van der Waals surface area contributed by atoms with Crippen molar-refractivity contribution < 1.29 is 47.8 Å². The van der Waals surface area contributed by atoms with E-state index in [4.69, 9.17) is 30.8 Å². The average molecular weight is 1450 g/mol. The van der Waals surface area contributed by atoms with E-state index in [1.807, 2.05) is 52.0 Å². The fourth-order valence-corrected chi connectivity index (χ4v) is 10.0. The summed E-state index contributed by atoms with van der Waals surface area (Å²) < 4.78 is 15.5. The zero-order chi connectivity index (χ0) is 75.9. The van der Waals surface area contributed by atoms with E-state index in [1.54, 1.807) is 204 Å². The van der Waals surface area contributed by atoms with Gasteiger partial charge in [-0.3, -0.25) is 98.4 Å². The molecule has 28 nitrogen and oxygen atoms in total. The molecule has 0 atom stereocenters. The molecule has 0 fully saturated rings. The molecule has 11 heterocycles. The van der Waals surface area contributed by atoms with E-state index in [2.05, 4.69) is 55.3 Å². The van der Waals surface area contributed by atoms with Gasteiger partial charge in [0.1, 0.15) is 34.2 Å². The van der Waals surface area contributed by atoms with Crippen molar-refractivity contribution in [1.29, 1.82) is 0 Å². The number of carbonyl (C=O) groups is 7. The highest BCUT2D eigenvalue weighted by Crippen LogP contribution is 2.27. The first-order chi connectivity index (χ1) is 51.3. The highest BCUT2D eigenvalue weighted by Gasteiger charge is 2.27. The first-order valence-corrected chi connectivity index (χ1v) is 33.2. The fourth-order valence-electron chi connectivity index (χ4n) is 9.79. The maximum atomic E-state index is 13.3. The Hall–Kier alpha value is -12.9. The summed E-state index contributed by atoms with van der Waals surface area (Å²) in [5, 5.41) is 1.46. The average Bonchev–Trinajstić information content (AvgIpc) is 0.811. The van der Waals surface area contributed by atoms with Crippen LogP contribution >= 0.6 is 11.6 Å². The third-order valence-corrected chi connectivity index (χ3v) is 15.5. The van der Waals surface area contributed by atoms with Gasteiger partial charge in [-0.25, -0.2) is 19.9 Å². The number of nitrogens with zero attached hydrogens (tertiary/aromatic N) is 17. The van der Waals surface area contributed by atoms with Gasteiger partial charge in [-0.05, 0) is 165 Å². The Kier molecular flexibility index (Phi) is 29.8. The van der Waals surface area contributed by atoms with E-state index in [9.17, 15) is 33.6 Å². The molecule has 11 aromatic rings. The molecule has 1 N–H and O–H groups in total. The first-order valence-electron chi connectivity index (χ1n) is 32.8. The molecule has 0 radical (unpaired) electrons. The van der Waals surface area contributed by atoms with Gasteiger partial charge in [0, 0.05) is 128 Å². The van der Waals surface area contributed by atoms with Crippen molar-refractivity contribution in [3.63, 3.8) is 0 Å². The summed E-state index contributed by atoms with van der Waals surface area (Å²) in [6.07, 6.45) is 23.2. The largest absolute Gasteiger partial charge is 0.383 e. The summed E-state index contributed by atoms with van der Waals surface area (Å²) >= 11 is 5.99. The molecule has 7 amide bonds. The maximum Gasteiger partial charge on any atom is 0.280 e. The van der Waals surface area contributed by atoms with E-state index < -0.39 is 11.8 Å². The second-order valence-electron chi connectivity index (χ2n) is 23.0. The van der Waals surface area contributed by atoms with Crippen molar-refractivity contribution in [2.45, 2.75) is 27.7 Å². The lowest BCUT2D eigenvalue weighted by Crippen LogP contribution is -2.47. The summed E-state index contributed by atoms with van der Waals surface area (Å²) in [5.74, 6) is 0.514. The second kappa shape index (κ2) is 40.1. The first kappa shape index (κ1) is 78.8. The topological polar surface area (TPSA) is 320 Å². The Morgan fingerprint density at radius 2 is 0.736 bits per heavy atom. The fraction of sp³-hybridized carbons (Fsp3) is 0.195. The molecule has 0 bridgehead atoms. The maximum absolute atomic E-state index is 13.3. The Morgan fingerprint density at radius 3 is 1.15 bits per heavy atom. The molecule has 542 valence electrons. The number of anilines is 6. The van der Waals surface area contributed by atoms with Crippen LogP contribution in [-0.4, -0.2) is 171 Å². The van der Waals surface area contributed by atoms with E-state index in [1.165, 1.54) is 58.1 Å². The smallest absolute Gasteiger partial charge is 0.280 e. The van der Waals surface area contributed by atoms with Crippen LogP contribution in [0.1, 0.15) is 94.8 Å². The van der Waals surface area contributed by atoms with Crippen LogP contribution in [0.3, 0.4) is 0 Å². The number of carbonyl (C=O) groups excluding carboxylic acids is 7. The molecule has 0 aliphatic carbocycles. The minimum Gasteiger partial charge on any atom is -0.383 e. The normalized spacial score (nSPS) is 10.4. The van der Waals surface area contributed by atoms with Crippen LogP contribution in [0.4, 0.5) is 34.9 Å². The van der Waals surface area contributed by atoms with Gasteiger partial charge in [0.05, 0.1) is 78.4 Å². The molecule has 11 rings (SSSR count). The number of hydrazine groups is 1. The van der Waals surface area contributed by atoms with Gasteiger partial charge in [-0.2, -0.15) is 5.01 Å². The summed E-state index contributed by atoms with van der Waals surface area (Å²) in [5.41, 5.74) is 9.01. The summed E-state index contributed by atoms with van der Waals surface area (Å²) in [6.45, 7) is 9.52. The number of hydrogen-bond acceptors (Lipinski definition) is 21. The molecule has 0 unspecified atom stereocenters. The standard InChI is InChI=1S/C24H27N5O4.C20H19N5O2.C18H15N5O2.C15H16ClN3O2/c1-18-8-9-21(28(12-14-32-2)23(30)19-6-4-10-25-16-19)27-22(18)29(13-15-33-3)24(31)20-7-5-11-26-17-20;1-14-8-9-17(24(2)19(26)15-6-4-10-21-12-15)23-18(14)25(3)20(27)16-7-5-11-22-13-16;1-13-6-7-16(21-10-13)23(18(25)15-5-3-9-20-12-15)22-17(24)14-4-2-8-19-11-14;1-11-8-13(16)18-14(9-11)19(6-7-21-2)15(20)12-4-3-5-17-10-12/h4-11,16-17H,12-15H2,1-3H3;4-13H,1-3H3;2-12H,1H3,(H,22,24);3-5,8-10H,6-7H2,1-2H3. The van der Waals surface area contributed by atoms with Gasteiger partial charge >= 0.3 is 0 Å². The number of rotatable bonds is 22. The summed E-state index contributed by atoms with van der Waals surface area (Å²) in [7, 11) is 8.02. The van der Waals surface area contributed by atoms with Crippen molar-refractivity contribution >= 4 is 87.9 Å². The SMILES string of the molecule is COCCN(C(=O)c1cccnc1)c1cc(C)cc(Cl)n1.COCCN(C(=O)c1cccnc1)c1ccc(C)c(N(CCOC)C(=O)c2cccnc2)n1.Cc1ccc(N(C)C(=O)c2cccnc2)nc1N(C)C(=O)c1cccnc1.Cc1ccc(N(NC(=O)c2cccnc2)C(=O)c2cccnc2)nc1. The third kappa shape index (κ3) is 22.1. The van der Waals surface area contributed by atoms with Crippen molar-refractivity contribution in [3.8, 4) is 0 Å². The zero-order valence-corrected chi connectivity index (χ0v) is 60.4. The molecule has 11 aromatic heterocycles. The van der Waals surface area contributed by atoms with Crippen LogP contribution in [0.5, 0.6) is 0 Å². The van der Waals surface area contributed by atoms with Crippen molar-refractivity contribution in [2.24, 2.45) is 0 Å². The third-order valence-electron chi connectivity index (χ3n) is 15.3. The zero-order valence-electron chi connectivity index (χ0n) is 59.7. The Bertz CT molecular complexity index is 4670. The molecule has 0 aromatic carbocycles. The van der Waals surface area contributed by atoms with Gasteiger partial charge < -0.3 is 14.2 Å². The highest BCUT2D eigenvalue weighted by atomic mass is 35.5. The summed E-state index contributed by atoms with van der Waals surface area (Å²) in [6, 6.07) is 37.8. The molecule has 0 aliphatic heterocycles. The minimum atomic E-state index is -0.465. The predicted molar refractivity (Wildman–Crippen MR) is 401 cm³/mol. The lowest BCUT2D eigenvalue weighted by molar-refractivity contribution is 0.0886. The van der Waals surface area contributed by atoms with Gasteiger partial charge in [-0.15, -0.1) is 0 Å². The molecule has 0 aliphatic rings.